The lowest BCUT2D eigenvalue weighted by Gasteiger charge is -2.51. The number of carbonyl (C=O) groups excluding carboxylic acids is 2. The van der Waals surface area contributed by atoms with Crippen molar-refractivity contribution < 1.29 is 50.1 Å². The van der Waals surface area contributed by atoms with Gasteiger partial charge in [-0.25, -0.2) is 0 Å². The minimum absolute atomic E-state index is 0.134. The third-order valence-corrected chi connectivity index (χ3v) is 9.58. The average Bonchev–Trinajstić information content (AvgIpc) is 3.06. The Bertz CT molecular complexity index is 1100. The number of benzene rings is 1. The standard InChI is InChI=1S/C33H56N4O10/c1-19(2)13-14-21(16-37-22(17-38)26(40)30(44)28(42)24(37)32(45)34-3)47-31-27(41)23(18-39)36(25(29(31)43)33(46)35-4)15-9-8-12-20-10-6-5-7-11-20/h5-7,10-11,19,21-31,38-44H,8-9,12-18H2,1-4H3,(H,34,45)(H,35,46)/t21?,22-,23-,24+,25+,26-,27-,28-,29-,30+,31+/m1/s1. The molecule has 2 aliphatic rings. The fourth-order valence-electron chi connectivity index (χ4n) is 6.91. The van der Waals surface area contributed by atoms with Gasteiger partial charge in [0.05, 0.1) is 31.4 Å². The molecule has 2 heterocycles. The zero-order valence-electron chi connectivity index (χ0n) is 27.9. The highest BCUT2D eigenvalue weighted by molar-refractivity contribution is 5.83. The van der Waals surface area contributed by atoms with Crippen LogP contribution in [0.2, 0.25) is 0 Å². The highest BCUT2D eigenvalue weighted by Crippen LogP contribution is 2.31. The monoisotopic (exact) mass is 668 g/mol. The van der Waals surface area contributed by atoms with Gasteiger partial charge in [0.25, 0.3) is 0 Å². The normalized spacial score (nSPS) is 32.7. The molecule has 2 saturated heterocycles. The molecule has 0 spiro atoms. The zero-order valence-corrected chi connectivity index (χ0v) is 27.9. The van der Waals surface area contributed by atoms with Crippen molar-refractivity contribution in [2.24, 2.45) is 5.92 Å². The third-order valence-electron chi connectivity index (χ3n) is 9.58. The minimum atomic E-state index is -1.69. The van der Waals surface area contributed by atoms with E-state index in [0.717, 1.165) is 12.8 Å². The van der Waals surface area contributed by atoms with Crippen molar-refractivity contribution in [3.05, 3.63) is 35.9 Å². The number of aryl methyl sites for hydroxylation is 1. The van der Waals surface area contributed by atoms with Crippen LogP contribution in [0.1, 0.15) is 45.1 Å². The summed E-state index contributed by atoms with van der Waals surface area (Å²) in [6.45, 7) is 3.03. The number of ether oxygens (including phenoxy) is 1. The number of aliphatic hydroxyl groups is 7. The Morgan fingerprint density at radius 2 is 1.34 bits per heavy atom. The molecule has 0 aliphatic carbocycles. The van der Waals surface area contributed by atoms with Gasteiger partial charge in [0.2, 0.25) is 11.8 Å². The van der Waals surface area contributed by atoms with Gasteiger partial charge in [-0.2, -0.15) is 0 Å². The minimum Gasteiger partial charge on any atom is -0.395 e. The molecule has 2 fully saturated rings. The van der Waals surface area contributed by atoms with Gasteiger partial charge in [0.15, 0.2) is 0 Å². The maximum absolute atomic E-state index is 13.2. The van der Waals surface area contributed by atoms with E-state index in [1.54, 1.807) is 4.90 Å². The van der Waals surface area contributed by atoms with E-state index in [2.05, 4.69) is 10.6 Å². The molecule has 2 amide bonds. The number of hydrogen-bond donors (Lipinski definition) is 9. The Kier molecular flexibility index (Phi) is 15.4. The van der Waals surface area contributed by atoms with Crippen molar-refractivity contribution >= 4 is 11.8 Å². The number of hydrogen-bond acceptors (Lipinski definition) is 12. The third kappa shape index (κ3) is 9.47. The molecule has 0 radical (unpaired) electrons. The molecule has 1 aromatic rings. The van der Waals surface area contributed by atoms with Crippen LogP contribution in [0.4, 0.5) is 0 Å². The highest BCUT2D eigenvalue weighted by Gasteiger charge is 2.53. The first-order valence-electron chi connectivity index (χ1n) is 16.7. The van der Waals surface area contributed by atoms with E-state index in [1.165, 1.54) is 24.6 Å². The SMILES string of the molecule is CNC(=O)[C@@H]1[C@@H](O)[C@@H](O)[C@H](O)[C@@H](CO)N1CC(CCC(C)C)O[C@H]1[C@H](O)[C@@H](CO)N(CCCCc2ccccc2)[C@H](C(=O)NC)[C@H]1O. The summed E-state index contributed by atoms with van der Waals surface area (Å²) in [5, 5.41) is 80.9. The molecule has 14 nitrogen and oxygen atoms in total. The van der Waals surface area contributed by atoms with Crippen molar-refractivity contribution in [1.29, 1.82) is 0 Å². The molecule has 268 valence electrons. The lowest BCUT2D eigenvalue weighted by molar-refractivity contribution is -0.217. The number of unbranched alkanes of at least 4 members (excludes halogenated alkanes) is 1. The number of likely N-dealkylation sites (tertiary alicyclic amines) is 2. The van der Waals surface area contributed by atoms with Gasteiger partial charge in [-0.3, -0.25) is 19.4 Å². The molecule has 0 saturated carbocycles. The smallest absolute Gasteiger partial charge is 0.239 e. The summed E-state index contributed by atoms with van der Waals surface area (Å²) in [4.78, 5) is 29.1. The summed E-state index contributed by atoms with van der Waals surface area (Å²) in [6.07, 6.45) is -6.84. The van der Waals surface area contributed by atoms with Crippen molar-refractivity contribution in [3.8, 4) is 0 Å². The van der Waals surface area contributed by atoms with Crippen LogP contribution in [0.5, 0.6) is 0 Å². The van der Waals surface area contributed by atoms with E-state index in [9.17, 15) is 45.3 Å². The summed E-state index contributed by atoms with van der Waals surface area (Å²) in [6, 6.07) is 5.36. The van der Waals surface area contributed by atoms with Crippen molar-refractivity contribution in [1.82, 2.24) is 20.4 Å². The van der Waals surface area contributed by atoms with Crippen LogP contribution >= 0.6 is 0 Å². The number of rotatable bonds is 16. The molecule has 11 atom stereocenters. The highest BCUT2D eigenvalue weighted by atomic mass is 16.5. The maximum atomic E-state index is 13.2. The number of amides is 2. The van der Waals surface area contributed by atoms with Gasteiger partial charge in [-0.15, -0.1) is 0 Å². The molecule has 3 rings (SSSR count). The van der Waals surface area contributed by atoms with E-state index in [4.69, 9.17) is 4.74 Å². The molecule has 9 N–H and O–H groups in total. The molecule has 2 aliphatic heterocycles. The molecule has 1 aromatic carbocycles. The predicted molar refractivity (Wildman–Crippen MR) is 173 cm³/mol. The van der Waals surface area contributed by atoms with Crippen LogP contribution in [0, 0.1) is 5.92 Å². The summed E-state index contributed by atoms with van der Waals surface area (Å²) < 4.78 is 6.41. The molecule has 0 bridgehead atoms. The second kappa shape index (κ2) is 18.5. The van der Waals surface area contributed by atoms with Gasteiger partial charge in [0, 0.05) is 20.6 Å². The second-order valence-electron chi connectivity index (χ2n) is 13.1. The topological polar surface area (TPSA) is 216 Å². The van der Waals surface area contributed by atoms with Gasteiger partial charge in [0.1, 0.15) is 48.7 Å². The van der Waals surface area contributed by atoms with Crippen LogP contribution in [-0.2, 0) is 20.7 Å². The van der Waals surface area contributed by atoms with Crippen LogP contribution < -0.4 is 10.6 Å². The van der Waals surface area contributed by atoms with Crippen LogP contribution in [-0.4, -0.2) is 165 Å². The molecule has 47 heavy (non-hydrogen) atoms. The van der Waals surface area contributed by atoms with E-state index in [1.807, 2.05) is 44.2 Å². The van der Waals surface area contributed by atoms with Gasteiger partial charge >= 0.3 is 0 Å². The lowest BCUT2D eigenvalue weighted by Crippen LogP contribution is -2.72. The maximum Gasteiger partial charge on any atom is 0.239 e. The Labute approximate surface area is 277 Å². The number of aliphatic hydroxyl groups excluding tert-OH is 7. The van der Waals surface area contributed by atoms with Gasteiger partial charge in [-0.1, -0.05) is 44.2 Å². The summed E-state index contributed by atoms with van der Waals surface area (Å²) in [7, 11) is 2.81. The van der Waals surface area contributed by atoms with Crippen molar-refractivity contribution in [2.75, 3.05) is 40.4 Å². The van der Waals surface area contributed by atoms with E-state index < -0.39 is 91.9 Å². The average molecular weight is 669 g/mol. The largest absolute Gasteiger partial charge is 0.395 e. The molecular weight excluding hydrogens is 612 g/mol. The summed E-state index contributed by atoms with van der Waals surface area (Å²) >= 11 is 0. The number of carbonyl (C=O) groups is 2. The predicted octanol–water partition coefficient (Wildman–Crippen LogP) is -2.41. The van der Waals surface area contributed by atoms with Crippen LogP contribution in [0.15, 0.2) is 30.3 Å². The molecule has 14 heteroatoms. The summed E-state index contributed by atoms with van der Waals surface area (Å²) in [5.41, 5.74) is 1.17. The molecular formula is C33H56N4O10. The quantitative estimate of drug-likeness (QED) is 0.0843. The first kappa shape index (κ1) is 39.2. The van der Waals surface area contributed by atoms with Gasteiger partial charge in [-0.05, 0) is 50.1 Å². The molecule has 1 unspecified atom stereocenters. The Balaban J connectivity index is 1.88. The zero-order chi connectivity index (χ0) is 34.8. The Morgan fingerprint density at radius 3 is 1.89 bits per heavy atom. The Hall–Kier alpha value is -2.24. The number of piperidine rings is 2. The first-order chi connectivity index (χ1) is 22.4. The van der Waals surface area contributed by atoms with Crippen LogP contribution in [0.3, 0.4) is 0 Å². The Morgan fingerprint density at radius 1 is 0.766 bits per heavy atom. The first-order valence-corrected chi connectivity index (χ1v) is 16.7. The summed E-state index contributed by atoms with van der Waals surface area (Å²) in [5.74, 6) is -0.945. The lowest BCUT2D eigenvalue weighted by atomic mass is 9.86. The second-order valence-corrected chi connectivity index (χ2v) is 13.1. The number of nitrogens with zero attached hydrogens (tertiary/aromatic N) is 2. The van der Waals surface area contributed by atoms with E-state index in [0.29, 0.717) is 25.8 Å². The van der Waals surface area contributed by atoms with Gasteiger partial charge < -0.3 is 51.1 Å². The fraction of sp³-hybridized carbons (Fsp3) is 0.758. The molecule has 0 aromatic heterocycles. The van der Waals surface area contributed by atoms with E-state index >= 15 is 0 Å². The number of nitrogens with one attached hydrogen (secondary N) is 2. The van der Waals surface area contributed by atoms with Crippen LogP contribution in [0.25, 0.3) is 0 Å². The fourth-order valence-corrected chi connectivity index (χ4v) is 6.91. The van der Waals surface area contributed by atoms with Crippen molar-refractivity contribution in [2.45, 2.75) is 113 Å². The number of likely N-dealkylation sites (N-methyl/N-ethyl adjacent to an activating group) is 2. The van der Waals surface area contributed by atoms with Crippen molar-refractivity contribution in [3.63, 3.8) is 0 Å². The van der Waals surface area contributed by atoms with E-state index in [-0.39, 0.29) is 12.5 Å².